The Kier molecular flexibility index (Phi) is 9.04. The minimum Gasteiger partial charge on any atom is -0.377 e. The van der Waals surface area contributed by atoms with E-state index in [0.717, 1.165) is 55.9 Å². The van der Waals surface area contributed by atoms with E-state index in [1.807, 2.05) is 22.8 Å². The van der Waals surface area contributed by atoms with Crippen molar-refractivity contribution in [2.45, 2.75) is 64.8 Å². The second-order valence-electron chi connectivity index (χ2n) is 8.88. The van der Waals surface area contributed by atoms with Crippen LogP contribution in [0.25, 0.3) is 5.70 Å². The summed E-state index contributed by atoms with van der Waals surface area (Å²) in [7, 11) is 1.92. The molecule has 0 aromatic carbocycles. The average Bonchev–Trinajstić information content (AvgIpc) is 3.25. The minimum atomic E-state index is -0.0552. The number of aryl methyl sites for hydroxylation is 1. The van der Waals surface area contributed by atoms with Crippen LogP contribution >= 0.6 is 0 Å². The molecule has 0 saturated carbocycles. The zero-order chi connectivity index (χ0) is 23.1. The maximum Gasteiger partial charge on any atom is 0.123 e. The number of ether oxygens (including phenoxy) is 2. The van der Waals surface area contributed by atoms with Crippen molar-refractivity contribution in [3.05, 3.63) is 35.8 Å². The Bertz CT molecular complexity index is 798. The van der Waals surface area contributed by atoms with Gasteiger partial charge in [-0.05, 0) is 57.0 Å². The Morgan fingerprint density at radius 3 is 2.84 bits per heavy atom. The van der Waals surface area contributed by atoms with Gasteiger partial charge >= 0.3 is 0 Å². The summed E-state index contributed by atoms with van der Waals surface area (Å²) in [5.41, 5.74) is 2.79. The van der Waals surface area contributed by atoms with E-state index in [2.05, 4.69) is 54.6 Å². The van der Waals surface area contributed by atoms with Gasteiger partial charge in [-0.25, -0.2) is 5.01 Å². The predicted molar refractivity (Wildman–Crippen MR) is 129 cm³/mol. The molecular weight excluding hydrogens is 404 g/mol. The molecule has 0 spiro atoms. The van der Waals surface area contributed by atoms with E-state index in [0.29, 0.717) is 19.1 Å². The van der Waals surface area contributed by atoms with Gasteiger partial charge in [0.25, 0.3) is 0 Å². The summed E-state index contributed by atoms with van der Waals surface area (Å²) < 4.78 is 13.5. The highest BCUT2D eigenvalue weighted by Crippen LogP contribution is 2.27. The highest BCUT2D eigenvalue weighted by molar-refractivity contribution is 5.68. The molecule has 3 rings (SSSR count). The molecular formula is C24H40N6O2. The first kappa shape index (κ1) is 24.6. The van der Waals surface area contributed by atoms with Gasteiger partial charge in [0.05, 0.1) is 24.6 Å². The molecule has 0 amide bonds. The number of hydrogen-bond donors (Lipinski definition) is 1. The average molecular weight is 445 g/mol. The van der Waals surface area contributed by atoms with Crippen LogP contribution in [0.1, 0.15) is 52.1 Å². The van der Waals surface area contributed by atoms with Crippen LogP contribution in [0.3, 0.4) is 0 Å². The van der Waals surface area contributed by atoms with Crippen LogP contribution in [0.5, 0.6) is 0 Å². The smallest absolute Gasteiger partial charge is 0.123 e. The van der Waals surface area contributed by atoms with Gasteiger partial charge in [0, 0.05) is 44.2 Å². The molecule has 4 atom stereocenters. The van der Waals surface area contributed by atoms with Gasteiger partial charge in [0.1, 0.15) is 6.23 Å². The molecule has 3 heterocycles. The molecule has 2 N–H and O–H groups in total. The van der Waals surface area contributed by atoms with Crippen LogP contribution < -0.4 is 5.84 Å². The fourth-order valence-electron chi connectivity index (χ4n) is 4.41. The van der Waals surface area contributed by atoms with E-state index in [4.69, 9.17) is 15.3 Å². The highest BCUT2D eigenvalue weighted by atomic mass is 16.5. The van der Waals surface area contributed by atoms with Crippen LogP contribution in [0.2, 0.25) is 0 Å². The first-order valence-electron chi connectivity index (χ1n) is 11.8. The first-order chi connectivity index (χ1) is 15.5. The molecule has 178 valence electrons. The number of aliphatic imine (C=N–C) groups is 1. The quantitative estimate of drug-likeness (QED) is 0.273. The van der Waals surface area contributed by atoms with Crippen LogP contribution in [-0.4, -0.2) is 71.1 Å². The number of morpholine rings is 1. The number of nitrogens with zero attached hydrogens (tertiary/aromatic N) is 5. The zero-order valence-electron chi connectivity index (χ0n) is 20.1. The van der Waals surface area contributed by atoms with Gasteiger partial charge in [0.15, 0.2) is 0 Å². The minimum absolute atomic E-state index is 0.0296. The third-order valence-electron chi connectivity index (χ3n) is 6.64. The fourth-order valence-corrected chi connectivity index (χ4v) is 4.41. The summed E-state index contributed by atoms with van der Waals surface area (Å²) in [6.45, 7) is 13.5. The predicted octanol–water partition coefficient (Wildman–Crippen LogP) is 3.18. The number of hydrogen-bond acceptors (Lipinski definition) is 7. The van der Waals surface area contributed by atoms with Crippen molar-refractivity contribution in [2.75, 3.05) is 26.4 Å². The van der Waals surface area contributed by atoms with Gasteiger partial charge in [-0.3, -0.25) is 15.5 Å². The van der Waals surface area contributed by atoms with Gasteiger partial charge in [-0.15, -0.1) is 0 Å². The second kappa shape index (κ2) is 11.7. The highest BCUT2D eigenvalue weighted by Gasteiger charge is 2.30. The van der Waals surface area contributed by atoms with Gasteiger partial charge in [-0.1, -0.05) is 20.3 Å². The van der Waals surface area contributed by atoms with Gasteiger partial charge in [-0.2, -0.15) is 5.10 Å². The normalized spacial score (nSPS) is 25.1. The Morgan fingerprint density at radius 1 is 1.44 bits per heavy atom. The molecule has 0 aliphatic carbocycles. The summed E-state index contributed by atoms with van der Waals surface area (Å²) in [6.07, 6.45) is 10.3. The number of hydrazine groups is 1. The number of rotatable bonds is 9. The number of allylic oxidation sites excluding steroid dienone is 1. The Balaban J connectivity index is 2.03. The lowest BCUT2D eigenvalue weighted by Gasteiger charge is -2.40. The Labute approximate surface area is 192 Å². The van der Waals surface area contributed by atoms with Gasteiger partial charge in [0.2, 0.25) is 0 Å². The fraction of sp³-hybridized carbons (Fsp3) is 0.667. The van der Waals surface area contributed by atoms with Crippen molar-refractivity contribution in [3.63, 3.8) is 0 Å². The van der Waals surface area contributed by atoms with Crippen molar-refractivity contribution >= 4 is 12.4 Å². The molecule has 2 aliphatic heterocycles. The largest absolute Gasteiger partial charge is 0.377 e. The standard InChI is InChI=1S/C24H40N6O2/c1-6-18(2)23(30(25)24-9-7-8-13-32-24)16-20(29-12-14-31-17-19(29)3)15-21(26-4)22-10-11-27-28(22)5/h10-11,15-16,18-19,23-24H,4,6-9,12-14,17,25H2,1-3,5H3/b20-16?,21-15-/t18-,19-,23?,24?/m1/s1. The number of aromatic nitrogens is 2. The molecule has 0 radical (unpaired) electrons. The summed E-state index contributed by atoms with van der Waals surface area (Å²) in [5, 5.41) is 6.23. The van der Waals surface area contributed by atoms with Crippen LogP contribution in [0.4, 0.5) is 0 Å². The lowest BCUT2D eigenvalue weighted by atomic mass is 9.95. The molecule has 2 aliphatic rings. The molecule has 0 bridgehead atoms. The van der Waals surface area contributed by atoms with Crippen molar-refractivity contribution in [3.8, 4) is 0 Å². The van der Waals surface area contributed by atoms with E-state index < -0.39 is 0 Å². The maximum absolute atomic E-state index is 6.71. The lowest BCUT2D eigenvalue weighted by molar-refractivity contribution is -0.104. The lowest BCUT2D eigenvalue weighted by Crippen LogP contribution is -2.52. The van der Waals surface area contributed by atoms with E-state index in [-0.39, 0.29) is 18.3 Å². The SMILES string of the molecule is C=N/C(=C\C(=CC([C@H](C)CC)N(N)C1CCCCO1)N1CCOC[C@H]1C)c1ccnn1C. The summed E-state index contributed by atoms with van der Waals surface area (Å²) in [5.74, 6) is 7.08. The van der Waals surface area contributed by atoms with E-state index >= 15 is 0 Å². The van der Waals surface area contributed by atoms with Crippen LogP contribution in [0.15, 0.2) is 35.1 Å². The summed E-state index contributed by atoms with van der Waals surface area (Å²) >= 11 is 0. The zero-order valence-corrected chi connectivity index (χ0v) is 20.1. The van der Waals surface area contributed by atoms with E-state index in [1.165, 1.54) is 0 Å². The molecule has 2 saturated heterocycles. The molecule has 8 nitrogen and oxygen atoms in total. The van der Waals surface area contributed by atoms with E-state index in [1.54, 1.807) is 6.20 Å². The third kappa shape index (κ3) is 5.86. The van der Waals surface area contributed by atoms with Crippen molar-refractivity contribution in [1.29, 1.82) is 0 Å². The van der Waals surface area contributed by atoms with Crippen molar-refractivity contribution in [1.82, 2.24) is 19.7 Å². The third-order valence-corrected chi connectivity index (χ3v) is 6.64. The molecule has 1 aromatic heterocycles. The topological polar surface area (TPSA) is 81.1 Å². The van der Waals surface area contributed by atoms with E-state index in [9.17, 15) is 0 Å². The first-order valence-corrected chi connectivity index (χ1v) is 11.8. The van der Waals surface area contributed by atoms with Crippen LogP contribution in [0, 0.1) is 5.92 Å². The molecule has 2 fully saturated rings. The Hall–Kier alpha value is -2.00. The van der Waals surface area contributed by atoms with Crippen molar-refractivity contribution < 1.29 is 9.47 Å². The van der Waals surface area contributed by atoms with Crippen molar-refractivity contribution in [2.24, 2.45) is 23.8 Å². The van der Waals surface area contributed by atoms with Gasteiger partial charge < -0.3 is 14.4 Å². The van der Waals surface area contributed by atoms with Crippen LogP contribution in [-0.2, 0) is 16.5 Å². The maximum atomic E-state index is 6.71. The molecule has 1 aromatic rings. The summed E-state index contributed by atoms with van der Waals surface area (Å²) in [6, 6.07) is 2.23. The summed E-state index contributed by atoms with van der Waals surface area (Å²) in [4.78, 5) is 6.72. The molecule has 32 heavy (non-hydrogen) atoms. The molecule has 8 heteroatoms. The molecule has 2 unspecified atom stereocenters. The number of nitrogens with two attached hydrogens (primary N) is 1. The second-order valence-corrected chi connectivity index (χ2v) is 8.88. The Morgan fingerprint density at radius 2 is 2.25 bits per heavy atom. The monoisotopic (exact) mass is 444 g/mol.